The Morgan fingerprint density at radius 1 is 1.50 bits per heavy atom. The van der Waals surface area contributed by atoms with Crippen LogP contribution in [0.3, 0.4) is 0 Å². The van der Waals surface area contributed by atoms with Gasteiger partial charge in [0.05, 0.1) is 12.6 Å². The molecule has 1 heterocycles. The van der Waals surface area contributed by atoms with Crippen LogP contribution >= 0.6 is 0 Å². The van der Waals surface area contributed by atoms with E-state index < -0.39 is 5.97 Å². The van der Waals surface area contributed by atoms with Crippen molar-refractivity contribution in [2.24, 2.45) is 7.05 Å². The summed E-state index contributed by atoms with van der Waals surface area (Å²) in [5.41, 5.74) is 0.983. The lowest BCUT2D eigenvalue weighted by molar-refractivity contribution is 0.0696. The van der Waals surface area contributed by atoms with Crippen molar-refractivity contribution in [1.29, 1.82) is 0 Å². The van der Waals surface area contributed by atoms with E-state index in [1.54, 1.807) is 26.1 Å². The highest BCUT2D eigenvalue weighted by molar-refractivity contribution is 5.88. The zero-order valence-electron chi connectivity index (χ0n) is 9.99. The van der Waals surface area contributed by atoms with E-state index in [1.165, 1.54) is 10.9 Å². The minimum Gasteiger partial charge on any atom is -0.485 e. The Kier molecular flexibility index (Phi) is 3.22. The van der Waals surface area contributed by atoms with Crippen LogP contribution in [0.1, 0.15) is 21.7 Å². The van der Waals surface area contributed by atoms with Gasteiger partial charge in [0, 0.05) is 0 Å². The molecule has 0 fully saturated rings. The highest BCUT2D eigenvalue weighted by Gasteiger charge is 2.08. The maximum atomic E-state index is 10.8. The fourth-order valence-electron chi connectivity index (χ4n) is 1.47. The molecule has 2 aromatic rings. The highest BCUT2D eigenvalue weighted by Crippen LogP contribution is 2.19. The van der Waals surface area contributed by atoms with Crippen molar-refractivity contribution in [3.05, 3.63) is 35.2 Å². The molecule has 0 unspecified atom stereocenters. The first-order valence-electron chi connectivity index (χ1n) is 5.26. The predicted molar refractivity (Wildman–Crippen MR) is 61.3 cm³/mol. The molecule has 0 spiro atoms. The molecule has 0 radical (unpaired) electrons. The molecule has 0 bridgehead atoms. The van der Waals surface area contributed by atoms with Gasteiger partial charge in [0.25, 0.3) is 0 Å². The first-order valence-corrected chi connectivity index (χ1v) is 5.26. The van der Waals surface area contributed by atoms with Crippen molar-refractivity contribution in [3.63, 3.8) is 0 Å². The molecule has 1 N–H and O–H groups in total. The van der Waals surface area contributed by atoms with Gasteiger partial charge in [-0.1, -0.05) is 0 Å². The van der Waals surface area contributed by atoms with Crippen molar-refractivity contribution in [2.75, 3.05) is 0 Å². The SMILES string of the molecule is Cc1cc(C(=O)O)ccc1OCc1nnn(C)n1. The molecule has 2 rings (SSSR count). The zero-order valence-corrected chi connectivity index (χ0v) is 9.99. The number of aromatic nitrogens is 4. The average molecular weight is 248 g/mol. The van der Waals surface area contributed by atoms with Crippen LogP contribution in [-0.4, -0.2) is 31.3 Å². The van der Waals surface area contributed by atoms with Crippen molar-refractivity contribution < 1.29 is 14.6 Å². The van der Waals surface area contributed by atoms with Gasteiger partial charge in [-0.25, -0.2) is 4.79 Å². The third kappa shape index (κ3) is 2.62. The molecule has 0 aliphatic heterocycles. The number of carboxylic acid groups (broad SMARTS) is 1. The van der Waals surface area contributed by atoms with Gasteiger partial charge in [-0.15, -0.1) is 10.2 Å². The van der Waals surface area contributed by atoms with Gasteiger partial charge in [-0.05, 0) is 35.9 Å². The lowest BCUT2D eigenvalue weighted by Crippen LogP contribution is -2.02. The Hall–Kier alpha value is -2.44. The summed E-state index contributed by atoms with van der Waals surface area (Å²) in [6.07, 6.45) is 0. The maximum absolute atomic E-state index is 10.8. The molecular weight excluding hydrogens is 236 g/mol. The van der Waals surface area contributed by atoms with Crippen LogP contribution in [0.2, 0.25) is 0 Å². The molecule has 7 heteroatoms. The number of nitrogens with zero attached hydrogens (tertiary/aromatic N) is 4. The summed E-state index contributed by atoms with van der Waals surface area (Å²) < 4.78 is 5.50. The van der Waals surface area contributed by atoms with Crippen LogP contribution in [0.15, 0.2) is 18.2 Å². The lowest BCUT2D eigenvalue weighted by Gasteiger charge is -2.07. The Morgan fingerprint density at radius 3 is 2.83 bits per heavy atom. The number of benzene rings is 1. The molecule has 1 aromatic heterocycles. The normalized spacial score (nSPS) is 10.3. The summed E-state index contributed by atoms with van der Waals surface area (Å²) in [6, 6.07) is 4.67. The molecule has 0 saturated heterocycles. The van der Waals surface area contributed by atoms with Crippen molar-refractivity contribution in [2.45, 2.75) is 13.5 Å². The average Bonchev–Trinajstić information content (AvgIpc) is 2.73. The van der Waals surface area contributed by atoms with Gasteiger partial charge in [0.15, 0.2) is 6.61 Å². The summed E-state index contributed by atoms with van der Waals surface area (Å²) in [4.78, 5) is 12.1. The molecule has 0 aliphatic carbocycles. The van der Waals surface area contributed by atoms with E-state index in [4.69, 9.17) is 9.84 Å². The molecule has 0 aliphatic rings. The molecule has 94 valence electrons. The maximum Gasteiger partial charge on any atom is 0.335 e. The molecule has 1 aromatic carbocycles. The standard InChI is InChI=1S/C11H12N4O3/c1-7-5-8(11(16)17)3-4-9(7)18-6-10-12-14-15(2)13-10/h3-5H,6H2,1-2H3,(H,16,17). The molecule has 0 amide bonds. The number of carboxylic acids is 1. The Morgan fingerprint density at radius 2 is 2.28 bits per heavy atom. The van der Waals surface area contributed by atoms with Gasteiger partial charge in [-0.2, -0.15) is 4.80 Å². The Labute approximate surface area is 103 Å². The summed E-state index contributed by atoms with van der Waals surface area (Å²) in [5, 5.41) is 20.3. The van der Waals surface area contributed by atoms with Gasteiger partial charge in [0.1, 0.15) is 5.75 Å². The second kappa shape index (κ2) is 4.82. The van der Waals surface area contributed by atoms with Crippen molar-refractivity contribution in [3.8, 4) is 5.75 Å². The molecule has 18 heavy (non-hydrogen) atoms. The summed E-state index contributed by atoms with van der Waals surface area (Å²) >= 11 is 0. The number of rotatable bonds is 4. The van der Waals surface area contributed by atoms with E-state index in [1.807, 2.05) is 0 Å². The van der Waals surface area contributed by atoms with E-state index in [9.17, 15) is 4.79 Å². The number of ether oxygens (including phenoxy) is 1. The van der Waals surface area contributed by atoms with Crippen LogP contribution < -0.4 is 4.74 Å². The molecule has 0 saturated carbocycles. The van der Waals surface area contributed by atoms with E-state index in [2.05, 4.69) is 15.4 Å². The molecule has 0 atom stereocenters. The minimum atomic E-state index is -0.958. The number of hydrogen-bond donors (Lipinski definition) is 1. The fraction of sp³-hybridized carbons (Fsp3) is 0.273. The molecule has 7 nitrogen and oxygen atoms in total. The largest absolute Gasteiger partial charge is 0.485 e. The van der Waals surface area contributed by atoms with Crippen molar-refractivity contribution in [1.82, 2.24) is 20.2 Å². The van der Waals surface area contributed by atoms with Gasteiger partial charge in [0.2, 0.25) is 5.82 Å². The highest BCUT2D eigenvalue weighted by atomic mass is 16.5. The first kappa shape index (κ1) is 12.0. The van der Waals surface area contributed by atoms with Gasteiger partial charge in [-0.3, -0.25) is 0 Å². The van der Waals surface area contributed by atoms with Gasteiger partial charge >= 0.3 is 5.97 Å². The monoisotopic (exact) mass is 248 g/mol. The number of carbonyl (C=O) groups is 1. The minimum absolute atomic E-state index is 0.196. The Balaban J connectivity index is 2.08. The third-order valence-electron chi connectivity index (χ3n) is 2.33. The molecular formula is C11H12N4O3. The smallest absolute Gasteiger partial charge is 0.335 e. The van der Waals surface area contributed by atoms with Crippen LogP contribution in [-0.2, 0) is 13.7 Å². The number of aromatic carboxylic acids is 1. The fourth-order valence-corrected chi connectivity index (χ4v) is 1.47. The van der Waals surface area contributed by atoms with Crippen LogP contribution in [0.25, 0.3) is 0 Å². The van der Waals surface area contributed by atoms with E-state index in [0.717, 1.165) is 5.56 Å². The second-order valence-electron chi connectivity index (χ2n) is 3.77. The number of tetrazole rings is 1. The lowest BCUT2D eigenvalue weighted by atomic mass is 10.1. The van der Waals surface area contributed by atoms with Crippen LogP contribution in [0.5, 0.6) is 5.75 Å². The van der Waals surface area contributed by atoms with E-state index in [-0.39, 0.29) is 12.2 Å². The quantitative estimate of drug-likeness (QED) is 0.860. The van der Waals surface area contributed by atoms with E-state index >= 15 is 0 Å². The second-order valence-corrected chi connectivity index (χ2v) is 3.77. The first-order chi connectivity index (χ1) is 8.56. The topological polar surface area (TPSA) is 90.1 Å². The summed E-state index contributed by atoms with van der Waals surface area (Å²) in [5.74, 6) is 0.118. The van der Waals surface area contributed by atoms with Crippen molar-refractivity contribution >= 4 is 5.97 Å². The van der Waals surface area contributed by atoms with Crippen LogP contribution in [0, 0.1) is 6.92 Å². The Bertz CT molecular complexity index is 579. The number of hydrogen-bond acceptors (Lipinski definition) is 5. The summed E-state index contributed by atoms with van der Waals surface area (Å²) in [6.45, 7) is 1.98. The van der Waals surface area contributed by atoms with Gasteiger partial charge < -0.3 is 9.84 Å². The number of aryl methyl sites for hydroxylation is 2. The van der Waals surface area contributed by atoms with E-state index in [0.29, 0.717) is 11.6 Å². The summed E-state index contributed by atoms with van der Waals surface area (Å²) in [7, 11) is 1.67. The zero-order chi connectivity index (χ0) is 13.1. The predicted octanol–water partition coefficient (Wildman–Crippen LogP) is 0.796. The van der Waals surface area contributed by atoms with Crippen LogP contribution in [0.4, 0.5) is 0 Å². The third-order valence-corrected chi connectivity index (χ3v) is 2.33.